The Bertz CT molecular complexity index is 381. The Morgan fingerprint density at radius 3 is 2.65 bits per heavy atom. The van der Waals surface area contributed by atoms with Gasteiger partial charge < -0.3 is 15.1 Å². The normalized spacial score (nSPS) is 19.1. The third-order valence-electron chi connectivity index (χ3n) is 4.00. The Morgan fingerprint density at radius 2 is 2.00 bits per heavy atom. The fourth-order valence-electron chi connectivity index (χ4n) is 2.79. The predicted octanol–water partition coefficient (Wildman–Crippen LogP) is 2.99. The average molecular weight is 278 g/mol. The van der Waals surface area contributed by atoms with Gasteiger partial charge in [-0.3, -0.25) is 4.79 Å². The molecular weight excluding hydrogens is 252 g/mol. The maximum Gasteiger partial charge on any atom is 0.237 e. The van der Waals surface area contributed by atoms with Gasteiger partial charge in [0.05, 0.1) is 18.8 Å². The van der Waals surface area contributed by atoms with Crippen LogP contribution in [0.25, 0.3) is 0 Å². The van der Waals surface area contributed by atoms with E-state index in [-0.39, 0.29) is 11.9 Å². The molecule has 4 heteroatoms. The maximum atomic E-state index is 12.1. The minimum absolute atomic E-state index is 0.0449. The van der Waals surface area contributed by atoms with Crippen molar-refractivity contribution in [3.63, 3.8) is 0 Å². The van der Waals surface area contributed by atoms with Gasteiger partial charge in [-0.25, -0.2) is 0 Å². The number of carbonyl (C=O) groups is 1. The summed E-state index contributed by atoms with van der Waals surface area (Å²) in [6.07, 6.45) is 10.6. The van der Waals surface area contributed by atoms with Crippen LogP contribution < -0.4 is 10.6 Å². The largest absolute Gasteiger partial charge is 0.467 e. The van der Waals surface area contributed by atoms with Crippen LogP contribution in [0.4, 0.5) is 0 Å². The van der Waals surface area contributed by atoms with Crippen LogP contribution in [0.2, 0.25) is 0 Å². The monoisotopic (exact) mass is 278 g/mol. The molecule has 1 atom stereocenters. The van der Waals surface area contributed by atoms with Crippen LogP contribution in [-0.4, -0.2) is 18.0 Å². The topological polar surface area (TPSA) is 54.3 Å². The molecule has 0 spiro atoms. The Balaban J connectivity index is 1.71. The number of hydrogen-bond acceptors (Lipinski definition) is 3. The first kappa shape index (κ1) is 15.1. The fraction of sp³-hybridized carbons (Fsp3) is 0.688. The third kappa shape index (κ3) is 5.00. The number of nitrogens with one attached hydrogen (secondary N) is 2. The molecule has 1 aliphatic rings. The van der Waals surface area contributed by atoms with Crippen molar-refractivity contribution in [2.45, 2.75) is 70.5 Å². The summed E-state index contributed by atoms with van der Waals surface area (Å²) in [4.78, 5) is 12.1. The zero-order chi connectivity index (χ0) is 14.2. The van der Waals surface area contributed by atoms with Gasteiger partial charge in [0, 0.05) is 6.04 Å². The second-order valence-electron chi connectivity index (χ2n) is 5.73. The summed E-state index contributed by atoms with van der Waals surface area (Å²) in [5.74, 6) is 0.833. The molecule has 4 nitrogen and oxygen atoms in total. The van der Waals surface area contributed by atoms with Crippen LogP contribution in [0.3, 0.4) is 0 Å². The van der Waals surface area contributed by atoms with Crippen LogP contribution in [0.15, 0.2) is 22.8 Å². The van der Waals surface area contributed by atoms with E-state index in [4.69, 9.17) is 4.42 Å². The van der Waals surface area contributed by atoms with Crippen LogP contribution in [0.5, 0.6) is 0 Å². The first-order valence-electron chi connectivity index (χ1n) is 7.82. The highest BCUT2D eigenvalue weighted by atomic mass is 16.3. The van der Waals surface area contributed by atoms with Gasteiger partial charge >= 0.3 is 0 Å². The van der Waals surface area contributed by atoms with Crippen molar-refractivity contribution in [1.82, 2.24) is 10.6 Å². The summed E-state index contributed by atoms with van der Waals surface area (Å²) in [6, 6.07) is 4.04. The summed E-state index contributed by atoms with van der Waals surface area (Å²) < 4.78 is 5.21. The minimum atomic E-state index is -0.144. The lowest BCUT2D eigenvalue weighted by atomic mass is 9.96. The molecule has 20 heavy (non-hydrogen) atoms. The lowest BCUT2D eigenvalue weighted by Crippen LogP contribution is -2.46. The molecule has 1 heterocycles. The highest BCUT2D eigenvalue weighted by Gasteiger charge is 2.18. The summed E-state index contributed by atoms with van der Waals surface area (Å²) in [6.45, 7) is 2.40. The minimum Gasteiger partial charge on any atom is -0.467 e. The maximum absolute atomic E-state index is 12.1. The van der Waals surface area contributed by atoms with Crippen LogP contribution in [-0.2, 0) is 11.3 Å². The van der Waals surface area contributed by atoms with Crippen molar-refractivity contribution >= 4 is 5.91 Å². The van der Waals surface area contributed by atoms with E-state index in [2.05, 4.69) is 10.6 Å². The van der Waals surface area contributed by atoms with Crippen LogP contribution in [0.1, 0.15) is 57.6 Å². The number of carbonyl (C=O) groups excluding carboxylic acids is 1. The van der Waals surface area contributed by atoms with E-state index >= 15 is 0 Å². The van der Waals surface area contributed by atoms with Crippen molar-refractivity contribution in [1.29, 1.82) is 0 Å². The van der Waals surface area contributed by atoms with Gasteiger partial charge in [-0.15, -0.1) is 0 Å². The molecule has 1 aliphatic carbocycles. The molecule has 0 radical (unpaired) electrons. The highest BCUT2D eigenvalue weighted by molar-refractivity contribution is 5.81. The summed E-state index contributed by atoms with van der Waals surface area (Å²) in [5, 5.41) is 6.38. The standard InChI is InChI=1S/C16H26N2O2/c1-13(16(19)17-12-15-10-7-11-20-15)18-14-8-5-3-2-4-6-9-14/h7,10-11,13-14,18H,2-6,8-9,12H2,1H3,(H,17,19). The summed E-state index contributed by atoms with van der Waals surface area (Å²) in [7, 11) is 0. The van der Waals surface area contributed by atoms with E-state index in [1.165, 1.54) is 44.9 Å². The fourth-order valence-corrected chi connectivity index (χ4v) is 2.79. The highest BCUT2D eigenvalue weighted by Crippen LogP contribution is 2.17. The number of hydrogen-bond donors (Lipinski definition) is 2. The Morgan fingerprint density at radius 1 is 1.30 bits per heavy atom. The quantitative estimate of drug-likeness (QED) is 0.870. The second kappa shape index (κ2) is 8.10. The average Bonchev–Trinajstić information content (AvgIpc) is 2.92. The van der Waals surface area contributed by atoms with Gasteiger partial charge in [-0.1, -0.05) is 32.1 Å². The zero-order valence-electron chi connectivity index (χ0n) is 12.4. The molecule has 1 aromatic heterocycles. The molecule has 2 N–H and O–H groups in total. The van der Waals surface area contributed by atoms with Crippen molar-refractivity contribution in [2.24, 2.45) is 0 Å². The molecule has 0 aromatic carbocycles. The van der Waals surface area contributed by atoms with E-state index in [9.17, 15) is 4.79 Å². The van der Waals surface area contributed by atoms with Gasteiger partial charge in [0.1, 0.15) is 5.76 Å². The second-order valence-corrected chi connectivity index (χ2v) is 5.73. The van der Waals surface area contributed by atoms with E-state index in [1.54, 1.807) is 6.26 Å². The summed E-state index contributed by atoms with van der Waals surface area (Å²) >= 11 is 0. The van der Waals surface area contributed by atoms with E-state index in [1.807, 2.05) is 19.1 Å². The molecule has 0 aliphatic heterocycles. The molecule has 112 valence electrons. The molecule has 1 saturated carbocycles. The molecule has 1 amide bonds. The molecular formula is C16H26N2O2. The Kier molecular flexibility index (Phi) is 6.12. The van der Waals surface area contributed by atoms with Crippen molar-refractivity contribution < 1.29 is 9.21 Å². The predicted molar refractivity (Wildman–Crippen MR) is 79.3 cm³/mol. The Labute approximate surface area is 121 Å². The van der Waals surface area contributed by atoms with Gasteiger partial charge in [-0.2, -0.15) is 0 Å². The number of furan rings is 1. The molecule has 1 unspecified atom stereocenters. The molecule has 1 aromatic rings. The van der Waals surface area contributed by atoms with E-state index in [0.717, 1.165) is 5.76 Å². The van der Waals surface area contributed by atoms with E-state index in [0.29, 0.717) is 12.6 Å². The molecule has 1 fully saturated rings. The lowest BCUT2D eigenvalue weighted by Gasteiger charge is -2.24. The SMILES string of the molecule is CC(NC1CCCCCCC1)C(=O)NCc1ccco1. The van der Waals surface area contributed by atoms with E-state index < -0.39 is 0 Å². The summed E-state index contributed by atoms with van der Waals surface area (Å²) in [5.41, 5.74) is 0. The van der Waals surface area contributed by atoms with Crippen molar-refractivity contribution in [2.75, 3.05) is 0 Å². The first-order chi connectivity index (χ1) is 9.75. The number of rotatable bonds is 5. The van der Waals surface area contributed by atoms with Crippen LogP contribution >= 0.6 is 0 Å². The smallest absolute Gasteiger partial charge is 0.237 e. The van der Waals surface area contributed by atoms with Gasteiger partial charge in [0.15, 0.2) is 0 Å². The third-order valence-corrected chi connectivity index (χ3v) is 4.00. The first-order valence-corrected chi connectivity index (χ1v) is 7.82. The zero-order valence-corrected chi connectivity index (χ0v) is 12.4. The van der Waals surface area contributed by atoms with Gasteiger partial charge in [0.25, 0.3) is 0 Å². The van der Waals surface area contributed by atoms with Gasteiger partial charge in [-0.05, 0) is 31.9 Å². The Hall–Kier alpha value is -1.29. The molecule has 2 rings (SSSR count). The number of amides is 1. The lowest BCUT2D eigenvalue weighted by molar-refractivity contribution is -0.123. The van der Waals surface area contributed by atoms with Crippen molar-refractivity contribution in [3.05, 3.63) is 24.2 Å². The van der Waals surface area contributed by atoms with Gasteiger partial charge in [0.2, 0.25) is 5.91 Å². The molecule has 0 saturated heterocycles. The molecule has 0 bridgehead atoms. The van der Waals surface area contributed by atoms with Crippen molar-refractivity contribution in [3.8, 4) is 0 Å². The van der Waals surface area contributed by atoms with Crippen LogP contribution in [0, 0.1) is 0 Å².